The Morgan fingerprint density at radius 3 is 2.76 bits per heavy atom. The number of hydrogen-bond acceptors (Lipinski definition) is 5. The van der Waals surface area contributed by atoms with Crippen molar-refractivity contribution < 1.29 is 0 Å². The van der Waals surface area contributed by atoms with Crippen LogP contribution >= 0.6 is 11.8 Å². The SMILES string of the molecule is CCNC(CC)CCCSc1nnnn1-c1ccccc1. The summed E-state index contributed by atoms with van der Waals surface area (Å²) in [6, 6.07) is 10.6. The van der Waals surface area contributed by atoms with Crippen LogP contribution in [-0.2, 0) is 0 Å². The topological polar surface area (TPSA) is 55.6 Å². The van der Waals surface area contributed by atoms with Crippen LogP contribution in [0.25, 0.3) is 5.69 Å². The fraction of sp³-hybridized carbons (Fsp3) is 0.533. The zero-order valence-electron chi connectivity index (χ0n) is 12.7. The van der Waals surface area contributed by atoms with Crippen LogP contribution in [0, 0.1) is 0 Å². The first kappa shape index (κ1) is 16.0. The van der Waals surface area contributed by atoms with Gasteiger partial charge < -0.3 is 5.32 Å². The van der Waals surface area contributed by atoms with E-state index < -0.39 is 0 Å². The summed E-state index contributed by atoms with van der Waals surface area (Å²) in [4.78, 5) is 0. The molecule has 0 spiro atoms. The van der Waals surface area contributed by atoms with Crippen LogP contribution in [0.3, 0.4) is 0 Å². The molecule has 2 rings (SSSR count). The predicted octanol–water partition coefficient (Wildman–Crippen LogP) is 2.92. The molecule has 0 aliphatic carbocycles. The van der Waals surface area contributed by atoms with Gasteiger partial charge in [0.15, 0.2) is 0 Å². The Labute approximate surface area is 130 Å². The van der Waals surface area contributed by atoms with Gasteiger partial charge >= 0.3 is 0 Å². The van der Waals surface area contributed by atoms with Gasteiger partial charge in [-0.05, 0) is 48.4 Å². The van der Waals surface area contributed by atoms with E-state index in [4.69, 9.17) is 0 Å². The van der Waals surface area contributed by atoms with Gasteiger partial charge in [-0.2, -0.15) is 4.68 Å². The maximum Gasteiger partial charge on any atom is 0.214 e. The Balaban J connectivity index is 1.83. The van der Waals surface area contributed by atoms with Crippen LogP contribution in [0.1, 0.15) is 33.1 Å². The summed E-state index contributed by atoms with van der Waals surface area (Å²) in [6.07, 6.45) is 3.54. The molecular formula is C15H23N5S. The van der Waals surface area contributed by atoms with Crippen LogP contribution in [0.15, 0.2) is 35.5 Å². The fourth-order valence-electron chi connectivity index (χ4n) is 2.23. The average molecular weight is 305 g/mol. The molecule has 0 saturated heterocycles. The molecule has 1 atom stereocenters. The summed E-state index contributed by atoms with van der Waals surface area (Å²) in [5.74, 6) is 1.04. The molecule has 0 amide bonds. The summed E-state index contributed by atoms with van der Waals surface area (Å²) < 4.78 is 1.80. The minimum absolute atomic E-state index is 0.626. The van der Waals surface area contributed by atoms with Crippen LogP contribution in [0.4, 0.5) is 0 Å². The normalized spacial score (nSPS) is 12.5. The number of nitrogens with zero attached hydrogens (tertiary/aromatic N) is 4. The Kier molecular flexibility index (Phi) is 6.69. The Bertz CT molecular complexity index is 514. The van der Waals surface area contributed by atoms with Crippen molar-refractivity contribution in [2.24, 2.45) is 0 Å². The molecule has 21 heavy (non-hydrogen) atoms. The van der Waals surface area contributed by atoms with Gasteiger partial charge in [-0.25, -0.2) is 0 Å². The number of rotatable bonds is 9. The van der Waals surface area contributed by atoms with Crippen molar-refractivity contribution in [1.29, 1.82) is 0 Å². The van der Waals surface area contributed by atoms with E-state index in [1.165, 1.54) is 12.8 Å². The molecular weight excluding hydrogens is 282 g/mol. The molecule has 0 fully saturated rings. The molecule has 5 nitrogen and oxygen atoms in total. The van der Waals surface area contributed by atoms with E-state index >= 15 is 0 Å². The maximum absolute atomic E-state index is 4.11. The number of benzene rings is 1. The van der Waals surface area contributed by atoms with Crippen molar-refractivity contribution in [2.75, 3.05) is 12.3 Å². The first-order chi connectivity index (χ1) is 10.3. The number of nitrogens with one attached hydrogen (secondary N) is 1. The molecule has 1 heterocycles. The minimum atomic E-state index is 0.626. The second kappa shape index (κ2) is 8.79. The average Bonchev–Trinajstić information content (AvgIpc) is 2.99. The van der Waals surface area contributed by atoms with Gasteiger partial charge in [-0.1, -0.05) is 43.8 Å². The summed E-state index contributed by atoms with van der Waals surface area (Å²) >= 11 is 1.72. The van der Waals surface area contributed by atoms with Gasteiger partial charge in [0.2, 0.25) is 5.16 Å². The monoisotopic (exact) mass is 305 g/mol. The molecule has 0 aliphatic heterocycles. The lowest BCUT2D eigenvalue weighted by molar-refractivity contribution is 0.477. The van der Waals surface area contributed by atoms with Gasteiger partial charge in [-0.3, -0.25) is 0 Å². The number of hydrogen-bond donors (Lipinski definition) is 1. The lowest BCUT2D eigenvalue weighted by Crippen LogP contribution is -2.28. The second-order valence-corrected chi connectivity index (χ2v) is 5.92. The summed E-state index contributed by atoms with van der Waals surface area (Å²) in [5, 5.41) is 16.3. The molecule has 1 aromatic carbocycles. The van der Waals surface area contributed by atoms with Crippen molar-refractivity contribution in [3.63, 3.8) is 0 Å². The van der Waals surface area contributed by atoms with Gasteiger partial charge in [0, 0.05) is 11.8 Å². The highest BCUT2D eigenvalue weighted by Gasteiger charge is 2.09. The predicted molar refractivity (Wildman–Crippen MR) is 86.9 cm³/mol. The highest BCUT2D eigenvalue weighted by atomic mass is 32.2. The van der Waals surface area contributed by atoms with E-state index in [0.29, 0.717) is 6.04 Å². The van der Waals surface area contributed by atoms with Crippen molar-refractivity contribution >= 4 is 11.8 Å². The lowest BCUT2D eigenvalue weighted by Gasteiger charge is -2.14. The zero-order valence-corrected chi connectivity index (χ0v) is 13.5. The number of thioether (sulfide) groups is 1. The van der Waals surface area contributed by atoms with Crippen LogP contribution in [-0.4, -0.2) is 38.5 Å². The maximum atomic E-state index is 4.11. The first-order valence-electron chi connectivity index (χ1n) is 7.55. The molecule has 1 aromatic heterocycles. The third-order valence-electron chi connectivity index (χ3n) is 3.36. The molecule has 0 radical (unpaired) electrons. The van der Waals surface area contributed by atoms with Gasteiger partial charge in [0.05, 0.1) is 5.69 Å². The summed E-state index contributed by atoms with van der Waals surface area (Å²) in [6.45, 7) is 5.43. The van der Waals surface area contributed by atoms with E-state index in [1.54, 1.807) is 16.4 Å². The first-order valence-corrected chi connectivity index (χ1v) is 8.53. The zero-order chi connectivity index (χ0) is 14.9. The van der Waals surface area contributed by atoms with Gasteiger partial charge in [-0.15, -0.1) is 5.10 Å². The van der Waals surface area contributed by atoms with Crippen LogP contribution < -0.4 is 5.32 Å². The van der Waals surface area contributed by atoms with Crippen molar-refractivity contribution in [3.05, 3.63) is 30.3 Å². The summed E-state index contributed by atoms with van der Waals surface area (Å²) in [5.41, 5.74) is 1.00. The third kappa shape index (κ3) is 4.82. The molecule has 114 valence electrons. The molecule has 2 aromatic rings. The smallest absolute Gasteiger partial charge is 0.214 e. The largest absolute Gasteiger partial charge is 0.314 e. The Hall–Kier alpha value is -1.40. The van der Waals surface area contributed by atoms with Gasteiger partial charge in [0.1, 0.15) is 0 Å². The van der Waals surface area contributed by atoms with Crippen molar-refractivity contribution in [1.82, 2.24) is 25.5 Å². The standard InChI is InChI=1S/C15H23N5S/c1-3-13(16-4-2)9-8-12-21-15-17-18-19-20(15)14-10-6-5-7-11-14/h5-7,10-11,13,16H,3-4,8-9,12H2,1-2H3. The third-order valence-corrected chi connectivity index (χ3v) is 4.36. The van der Waals surface area contributed by atoms with E-state index in [2.05, 4.69) is 34.7 Å². The van der Waals surface area contributed by atoms with Crippen molar-refractivity contribution in [2.45, 2.75) is 44.3 Å². The van der Waals surface area contributed by atoms with E-state index in [1.807, 2.05) is 30.3 Å². The minimum Gasteiger partial charge on any atom is -0.314 e. The fourth-order valence-corrected chi connectivity index (χ4v) is 3.08. The molecule has 6 heteroatoms. The molecule has 0 bridgehead atoms. The molecule has 1 N–H and O–H groups in total. The molecule has 0 aliphatic rings. The molecule has 1 unspecified atom stereocenters. The lowest BCUT2D eigenvalue weighted by atomic mass is 10.1. The molecule has 0 saturated carbocycles. The highest BCUT2D eigenvalue weighted by Crippen LogP contribution is 2.19. The quantitative estimate of drug-likeness (QED) is 0.570. The van der Waals surface area contributed by atoms with Crippen molar-refractivity contribution in [3.8, 4) is 5.69 Å². The number of tetrazole rings is 1. The second-order valence-electron chi connectivity index (χ2n) is 4.86. The Morgan fingerprint density at radius 1 is 1.24 bits per heavy atom. The van der Waals surface area contributed by atoms with E-state index in [0.717, 1.165) is 29.6 Å². The van der Waals surface area contributed by atoms with Crippen LogP contribution in [0.5, 0.6) is 0 Å². The summed E-state index contributed by atoms with van der Waals surface area (Å²) in [7, 11) is 0. The number of para-hydroxylation sites is 1. The number of aromatic nitrogens is 4. The van der Waals surface area contributed by atoms with E-state index in [9.17, 15) is 0 Å². The van der Waals surface area contributed by atoms with E-state index in [-0.39, 0.29) is 0 Å². The Morgan fingerprint density at radius 2 is 2.05 bits per heavy atom. The highest BCUT2D eigenvalue weighted by molar-refractivity contribution is 7.99. The van der Waals surface area contributed by atoms with Crippen LogP contribution in [0.2, 0.25) is 0 Å². The van der Waals surface area contributed by atoms with Gasteiger partial charge in [0.25, 0.3) is 0 Å².